The number of hydrogen-bond donors (Lipinski definition) is 1. The average Bonchev–Trinajstić information content (AvgIpc) is 2.41. The van der Waals surface area contributed by atoms with Crippen LogP contribution in [0.2, 0.25) is 0 Å². The van der Waals surface area contributed by atoms with Crippen molar-refractivity contribution >= 4 is 15.9 Å². The summed E-state index contributed by atoms with van der Waals surface area (Å²) in [4.78, 5) is 11.3. The smallest absolute Gasteiger partial charge is 0.237 e. The Morgan fingerprint density at radius 2 is 1.93 bits per heavy atom. The van der Waals surface area contributed by atoms with Crippen LogP contribution in [0.1, 0.15) is 5.56 Å². The van der Waals surface area contributed by atoms with Crippen LogP contribution in [0.25, 0.3) is 0 Å². The van der Waals surface area contributed by atoms with Gasteiger partial charge in [-0.15, -0.1) is 0 Å². The summed E-state index contributed by atoms with van der Waals surface area (Å²) in [5, 5.41) is 0. The predicted molar refractivity (Wildman–Crippen MR) is 55.6 cm³/mol. The number of nitrogens with one attached hydrogen (secondary N) is 1. The molecule has 80 valence electrons. The Hall–Kier alpha value is -1.36. The van der Waals surface area contributed by atoms with Crippen molar-refractivity contribution in [2.45, 2.75) is 6.42 Å². The second-order valence-corrected chi connectivity index (χ2v) is 5.40. The lowest BCUT2D eigenvalue weighted by molar-refractivity contribution is -0.121. The molecule has 1 saturated heterocycles. The molecule has 1 N–H and O–H groups in total. The first-order valence-corrected chi connectivity index (χ1v) is 6.30. The molecule has 0 bridgehead atoms. The fourth-order valence-electron chi connectivity index (χ4n) is 1.67. The normalized spacial score (nSPS) is 23.7. The summed E-state index contributed by atoms with van der Waals surface area (Å²) < 4.78 is 24.2. The molecule has 0 aliphatic carbocycles. The molecule has 1 heterocycles. The Kier molecular flexibility index (Phi) is 2.48. The van der Waals surface area contributed by atoms with E-state index in [0.717, 1.165) is 5.56 Å². The van der Waals surface area contributed by atoms with Crippen molar-refractivity contribution < 1.29 is 13.2 Å². The minimum Gasteiger partial charge on any atom is -0.274 e. The highest BCUT2D eigenvalue weighted by Gasteiger charge is 2.34. The number of rotatable bonds is 2. The van der Waals surface area contributed by atoms with Gasteiger partial charge in [0.15, 0.2) is 0 Å². The molecule has 5 heteroatoms. The summed E-state index contributed by atoms with van der Waals surface area (Å²) in [6, 6.07) is 9.40. The zero-order valence-corrected chi connectivity index (χ0v) is 8.83. The third-order valence-electron chi connectivity index (χ3n) is 2.37. The molecule has 0 saturated carbocycles. The number of hydrogen-bond acceptors (Lipinski definition) is 3. The molecule has 1 aromatic rings. The van der Waals surface area contributed by atoms with Crippen LogP contribution in [0.15, 0.2) is 30.3 Å². The second-order valence-electron chi connectivity index (χ2n) is 3.63. The fraction of sp³-hybridized carbons (Fsp3) is 0.300. The molecule has 2 rings (SSSR count). The van der Waals surface area contributed by atoms with Crippen molar-refractivity contribution in [3.05, 3.63) is 35.9 Å². The molecule has 15 heavy (non-hydrogen) atoms. The summed E-state index contributed by atoms with van der Waals surface area (Å²) in [5.74, 6) is -0.933. The monoisotopic (exact) mass is 225 g/mol. The van der Waals surface area contributed by atoms with Crippen molar-refractivity contribution in [1.29, 1.82) is 0 Å². The van der Waals surface area contributed by atoms with Crippen LogP contribution in [-0.2, 0) is 21.2 Å². The van der Waals surface area contributed by atoms with E-state index in [-0.39, 0.29) is 11.7 Å². The molecule has 1 fully saturated rings. The second kappa shape index (κ2) is 3.66. The largest absolute Gasteiger partial charge is 0.274 e. The van der Waals surface area contributed by atoms with Gasteiger partial charge in [0.1, 0.15) is 0 Å². The van der Waals surface area contributed by atoms with Crippen LogP contribution in [-0.4, -0.2) is 20.1 Å². The fourth-order valence-corrected chi connectivity index (χ4v) is 3.02. The molecule has 1 aliphatic heterocycles. The van der Waals surface area contributed by atoms with Crippen LogP contribution in [0.4, 0.5) is 0 Å². The Labute approximate surface area is 88.4 Å². The van der Waals surface area contributed by atoms with Gasteiger partial charge in [-0.1, -0.05) is 30.3 Å². The summed E-state index contributed by atoms with van der Waals surface area (Å²) >= 11 is 0. The number of amides is 1. The molecule has 1 amide bonds. The Balaban J connectivity index is 2.12. The Morgan fingerprint density at radius 3 is 2.47 bits per heavy atom. The number of sulfonamides is 1. The van der Waals surface area contributed by atoms with Gasteiger partial charge in [0.25, 0.3) is 0 Å². The molecule has 1 aliphatic rings. The first-order chi connectivity index (χ1) is 7.07. The van der Waals surface area contributed by atoms with Gasteiger partial charge in [0.2, 0.25) is 15.9 Å². The van der Waals surface area contributed by atoms with Gasteiger partial charge >= 0.3 is 0 Å². The maximum absolute atomic E-state index is 11.3. The molecule has 0 aromatic heterocycles. The van der Waals surface area contributed by atoms with E-state index in [1.807, 2.05) is 35.1 Å². The molecular formula is C10H11NO3S. The SMILES string of the molecule is O=C1NS(=O)(=O)CC1Cc1ccccc1. The quantitative estimate of drug-likeness (QED) is 0.787. The molecule has 1 atom stereocenters. The van der Waals surface area contributed by atoms with Crippen LogP contribution in [0.5, 0.6) is 0 Å². The van der Waals surface area contributed by atoms with E-state index >= 15 is 0 Å². The van der Waals surface area contributed by atoms with Crippen molar-refractivity contribution in [2.24, 2.45) is 5.92 Å². The van der Waals surface area contributed by atoms with Crippen LogP contribution in [0.3, 0.4) is 0 Å². The minimum atomic E-state index is -3.36. The first kappa shape index (κ1) is 10.2. The van der Waals surface area contributed by atoms with Gasteiger partial charge < -0.3 is 0 Å². The molecule has 0 radical (unpaired) electrons. The molecule has 0 spiro atoms. The number of carbonyl (C=O) groups excluding carboxylic acids is 1. The van der Waals surface area contributed by atoms with Gasteiger partial charge in [-0.2, -0.15) is 0 Å². The lowest BCUT2D eigenvalue weighted by Gasteiger charge is -2.04. The lowest BCUT2D eigenvalue weighted by Crippen LogP contribution is -2.22. The van der Waals surface area contributed by atoms with E-state index in [1.165, 1.54) is 0 Å². The Bertz CT molecular complexity index is 467. The van der Waals surface area contributed by atoms with Crippen LogP contribution in [0, 0.1) is 5.92 Å². The summed E-state index contributed by atoms with van der Waals surface area (Å²) in [7, 11) is -3.36. The van der Waals surface area contributed by atoms with E-state index in [9.17, 15) is 13.2 Å². The highest BCUT2D eigenvalue weighted by atomic mass is 32.2. The zero-order valence-electron chi connectivity index (χ0n) is 8.01. The van der Waals surface area contributed by atoms with E-state index in [2.05, 4.69) is 0 Å². The lowest BCUT2D eigenvalue weighted by atomic mass is 10.0. The van der Waals surface area contributed by atoms with E-state index < -0.39 is 15.9 Å². The highest BCUT2D eigenvalue weighted by Crippen LogP contribution is 2.16. The van der Waals surface area contributed by atoms with Crippen molar-refractivity contribution in [2.75, 3.05) is 5.75 Å². The van der Waals surface area contributed by atoms with Gasteiger partial charge in [-0.25, -0.2) is 8.42 Å². The van der Waals surface area contributed by atoms with Gasteiger partial charge in [0, 0.05) is 0 Å². The van der Waals surface area contributed by atoms with Gasteiger partial charge in [-0.05, 0) is 12.0 Å². The maximum Gasteiger partial charge on any atom is 0.237 e. The van der Waals surface area contributed by atoms with Crippen LogP contribution < -0.4 is 4.72 Å². The van der Waals surface area contributed by atoms with Crippen LogP contribution >= 0.6 is 0 Å². The predicted octanol–water partition coefficient (Wildman–Crippen LogP) is 0.305. The molecule has 1 unspecified atom stereocenters. The first-order valence-electron chi connectivity index (χ1n) is 4.65. The summed E-state index contributed by atoms with van der Waals surface area (Å²) in [6.45, 7) is 0. The minimum absolute atomic E-state index is 0.0965. The van der Waals surface area contributed by atoms with Crippen molar-refractivity contribution in [1.82, 2.24) is 4.72 Å². The molecule has 4 nitrogen and oxygen atoms in total. The van der Waals surface area contributed by atoms with Gasteiger partial charge in [0.05, 0.1) is 11.7 Å². The van der Waals surface area contributed by atoms with E-state index in [1.54, 1.807) is 0 Å². The average molecular weight is 225 g/mol. The van der Waals surface area contributed by atoms with Crippen molar-refractivity contribution in [3.63, 3.8) is 0 Å². The standard InChI is InChI=1S/C10H11NO3S/c12-10-9(7-15(13,14)11-10)6-8-4-2-1-3-5-8/h1-5,9H,6-7H2,(H,11,12). The zero-order chi connectivity index (χ0) is 10.9. The van der Waals surface area contributed by atoms with E-state index in [4.69, 9.17) is 0 Å². The third kappa shape index (κ3) is 2.36. The van der Waals surface area contributed by atoms with Crippen molar-refractivity contribution in [3.8, 4) is 0 Å². The number of carbonyl (C=O) groups is 1. The molecule has 1 aromatic carbocycles. The summed E-state index contributed by atoms with van der Waals surface area (Å²) in [6.07, 6.45) is 0.478. The summed E-state index contributed by atoms with van der Waals surface area (Å²) in [5.41, 5.74) is 0.981. The topological polar surface area (TPSA) is 63.2 Å². The number of benzene rings is 1. The van der Waals surface area contributed by atoms with Gasteiger partial charge in [-0.3, -0.25) is 9.52 Å². The molecular weight excluding hydrogens is 214 g/mol. The maximum atomic E-state index is 11.3. The van der Waals surface area contributed by atoms with E-state index in [0.29, 0.717) is 6.42 Å². The third-order valence-corrected chi connectivity index (χ3v) is 3.73. The highest BCUT2D eigenvalue weighted by molar-refractivity contribution is 7.90. The Morgan fingerprint density at radius 1 is 1.27 bits per heavy atom.